The minimum absolute atomic E-state index is 0.667. The first kappa shape index (κ1) is 23.1. The van der Waals surface area contributed by atoms with Crippen LogP contribution in [0.3, 0.4) is 0 Å². The molecule has 1 fully saturated rings. The molecule has 1 aliphatic rings. The van der Waals surface area contributed by atoms with E-state index < -0.39 is 0 Å². The van der Waals surface area contributed by atoms with Crippen LogP contribution in [0.15, 0.2) is 72.8 Å². The van der Waals surface area contributed by atoms with Gasteiger partial charge in [0.25, 0.3) is 0 Å². The molecule has 0 bridgehead atoms. The SMILES string of the molecule is Cc1cccc(N2CCN(c3c(Cc4ccccc4)c(C)c(C#N)c4nc5ccccc5n34)CC2)c1C. The number of hydrogen-bond donors (Lipinski definition) is 0. The van der Waals surface area contributed by atoms with Crippen molar-refractivity contribution in [3.8, 4) is 6.07 Å². The number of benzene rings is 3. The topological polar surface area (TPSA) is 47.6 Å². The second-order valence-corrected chi connectivity index (χ2v) is 10.0. The number of aryl methyl sites for hydroxylation is 1. The second kappa shape index (κ2) is 9.29. The zero-order valence-electron chi connectivity index (χ0n) is 21.7. The van der Waals surface area contributed by atoms with Gasteiger partial charge in [-0.2, -0.15) is 5.26 Å². The van der Waals surface area contributed by atoms with Gasteiger partial charge in [0.05, 0.1) is 16.6 Å². The molecule has 184 valence electrons. The van der Waals surface area contributed by atoms with Crippen LogP contribution < -0.4 is 9.80 Å². The monoisotopic (exact) mass is 485 g/mol. The molecule has 0 spiro atoms. The highest BCUT2D eigenvalue weighted by Crippen LogP contribution is 2.35. The summed E-state index contributed by atoms with van der Waals surface area (Å²) in [4.78, 5) is 9.96. The van der Waals surface area contributed by atoms with Crippen molar-refractivity contribution in [2.24, 2.45) is 0 Å². The maximum atomic E-state index is 10.2. The van der Waals surface area contributed by atoms with E-state index in [0.717, 1.165) is 54.8 Å². The van der Waals surface area contributed by atoms with Gasteiger partial charge in [0.2, 0.25) is 0 Å². The molecule has 0 N–H and O–H groups in total. The molecule has 3 heterocycles. The Labute approximate surface area is 218 Å². The Bertz CT molecular complexity index is 1650. The number of nitrogens with zero attached hydrogens (tertiary/aromatic N) is 5. The molecule has 0 radical (unpaired) electrons. The lowest BCUT2D eigenvalue weighted by molar-refractivity contribution is 0.641. The Morgan fingerprint density at radius 2 is 1.49 bits per heavy atom. The van der Waals surface area contributed by atoms with E-state index in [1.54, 1.807) is 0 Å². The Balaban J connectivity index is 1.50. The standard InChI is InChI=1S/C32H31N5/c1-22-10-9-15-29(23(22)2)35-16-18-36(19-17-35)32-26(20-25-11-5-4-6-12-25)24(3)27(21-33)31-34-28-13-7-8-14-30(28)37(31)32/h4-15H,16-20H2,1-3H3. The molecule has 3 aromatic carbocycles. The quantitative estimate of drug-likeness (QED) is 0.304. The highest BCUT2D eigenvalue weighted by atomic mass is 15.3. The summed E-state index contributed by atoms with van der Waals surface area (Å²) in [6.07, 6.45) is 0.774. The van der Waals surface area contributed by atoms with E-state index in [9.17, 15) is 5.26 Å². The van der Waals surface area contributed by atoms with Crippen molar-refractivity contribution < 1.29 is 0 Å². The third kappa shape index (κ3) is 3.90. The molecule has 1 saturated heterocycles. The van der Waals surface area contributed by atoms with Crippen LogP contribution in [0.25, 0.3) is 16.7 Å². The number of aromatic nitrogens is 2. The van der Waals surface area contributed by atoms with Crippen molar-refractivity contribution in [3.63, 3.8) is 0 Å². The van der Waals surface area contributed by atoms with E-state index >= 15 is 0 Å². The average Bonchev–Trinajstić information content (AvgIpc) is 3.30. The molecule has 2 aromatic heterocycles. The van der Waals surface area contributed by atoms with E-state index in [0.29, 0.717) is 5.56 Å². The fourth-order valence-electron chi connectivity index (χ4n) is 5.74. The van der Waals surface area contributed by atoms with Gasteiger partial charge in [0.1, 0.15) is 11.9 Å². The number of imidazole rings is 1. The zero-order chi connectivity index (χ0) is 25.5. The van der Waals surface area contributed by atoms with Crippen LogP contribution in [0.2, 0.25) is 0 Å². The fourth-order valence-corrected chi connectivity index (χ4v) is 5.74. The lowest BCUT2D eigenvalue weighted by Gasteiger charge is -2.39. The van der Waals surface area contributed by atoms with Gasteiger partial charge in [0, 0.05) is 43.9 Å². The van der Waals surface area contributed by atoms with Crippen LogP contribution in [0.5, 0.6) is 0 Å². The largest absolute Gasteiger partial charge is 0.368 e. The zero-order valence-corrected chi connectivity index (χ0v) is 21.7. The molecule has 5 aromatic rings. The predicted octanol–water partition coefficient (Wildman–Crippen LogP) is 6.20. The number of anilines is 2. The number of rotatable bonds is 4. The number of fused-ring (bicyclic) bond motifs is 3. The first-order chi connectivity index (χ1) is 18.1. The third-order valence-corrected chi connectivity index (χ3v) is 7.93. The van der Waals surface area contributed by atoms with E-state index in [2.05, 4.69) is 102 Å². The van der Waals surface area contributed by atoms with E-state index in [1.807, 2.05) is 12.1 Å². The molecule has 5 heteroatoms. The molecule has 0 aliphatic carbocycles. The summed E-state index contributed by atoms with van der Waals surface area (Å²) in [5, 5.41) is 10.2. The summed E-state index contributed by atoms with van der Waals surface area (Å²) in [6, 6.07) is 27.9. The first-order valence-electron chi connectivity index (χ1n) is 13.0. The Morgan fingerprint density at radius 3 is 2.24 bits per heavy atom. The summed E-state index contributed by atoms with van der Waals surface area (Å²) in [7, 11) is 0. The van der Waals surface area contributed by atoms with E-state index in [-0.39, 0.29) is 0 Å². The molecule has 5 nitrogen and oxygen atoms in total. The summed E-state index contributed by atoms with van der Waals surface area (Å²) in [6.45, 7) is 10.2. The Morgan fingerprint density at radius 1 is 0.784 bits per heavy atom. The van der Waals surface area contributed by atoms with Crippen LogP contribution in [-0.4, -0.2) is 35.6 Å². The maximum absolute atomic E-state index is 10.2. The normalized spacial score (nSPS) is 13.9. The molecule has 0 saturated carbocycles. The lowest BCUT2D eigenvalue weighted by atomic mass is 9.97. The molecule has 0 unspecified atom stereocenters. The molecule has 37 heavy (non-hydrogen) atoms. The van der Waals surface area contributed by atoms with Crippen molar-refractivity contribution in [3.05, 3.63) is 106 Å². The van der Waals surface area contributed by atoms with Crippen LogP contribution in [0, 0.1) is 32.1 Å². The smallest absolute Gasteiger partial charge is 0.157 e. The van der Waals surface area contributed by atoms with E-state index in [4.69, 9.17) is 4.98 Å². The summed E-state index contributed by atoms with van der Waals surface area (Å²) in [5.41, 5.74) is 10.9. The molecular weight excluding hydrogens is 454 g/mol. The first-order valence-corrected chi connectivity index (χ1v) is 13.0. The van der Waals surface area contributed by atoms with Crippen LogP contribution >= 0.6 is 0 Å². The van der Waals surface area contributed by atoms with Gasteiger partial charge in [-0.05, 0) is 61.2 Å². The van der Waals surface area contributed by atoms with Gasteiger partial charge >= 0.3 is 0 Å². The minimum Gasteiger partial charge on any atom is -0.368 e. The Kier molecular flexibility index (Phi) is 5.81. The summed E-state index contributed by atoms with van der Waals surface area (Å²) in [5.74, 6) is 1.17. The average molecular weight is 486 g/mol. The third-order valence-electron chi connectivity index (χ3n) is 7.93. The van der Waals surface area contributed by atoms with Gasteiger partial charge in [0.15, 0.2) is 5.65 Å². The predicted molar refractivity (Wildman–Crippen MR) is 152 cm³/mol. The van der Waals surface area contributed by atoms with Crippen molar-refractivity contribution in [1.29, 1.82) is 5.26 Å². The number of pyridine rings is 1. The minimum atomic E-state index is 0.667. The highest BCUT2D eigenvalue weighted by Gasteiger charge is 2.27. The van der Waals surface area contributed by atoms with Crippen molar-refractivity contribution >= 4 is 28.2 Å². The fraction of sp³-hybridized carbons (Fsp3) is 0.250. The van der Waals surface area contributed by atoms with Gasteiger partial charge in [-0.3, -0.25) is 4.40 Å². The molecule has 6 rings (SSSR count). The molecule has 1 aliphatic heterocycles. The van der Waals surface area contributed by atoms with Gasteiger partial charge in [-0.15, -0.1) is 0 Å². The molecular formula is C32H31N5. The van der Waals surface area contributed by atoms with Crippen LogP contribution in [-0.2, 0) is 6.42 Å². The lowest BCUT2D eigenvalue weighted by Crippen LogP contribution is -2.47. The maximum Gasteiger partial charge on any atom is 0.157 e. The summed E-state index contributed by atoms with van der Waals surface area (Å²) < 4.78 is 2.24. The van der Waals surface area contributed by atoms with Crippen molar-refractivity contribution in [1.82, 2.24) is 9.38 Å². The van der Waals surface area contributed by atoms with Gasteiger partial charge in [-0.25, -0.2) is 4.98 Å². The van der Waals surface area contributed by atoms with Crippen LogP contribution in [0.4, 0.5) is 11.5 Å². The number of nitriles is 1. The van der Waals surface area contributed by atoms with E-state index in [1.165, 1.54) is 33.8 Å². The Hall–Kier alpha value is -4.30. The molecule has 0 amide bonds. The second-order valence-electron chi connectivity index (χ2n) is 10.0. The number of piperazine rings is 1. The highest BCUT2D eigenvalue weighted by molar-refractivity contribution is 5.86. The van der Waals surface area contributed by atoms with Crippen LogP contribution in [0.1, 0.15) is 33.4 Å². The van der Waals surface area contributed by atoms with Gasteiger partial charge in [-0.1, -0.05) is 54.6 Å². The van der Waals surface area contributed by atoms with Gasteiger partial charge < -0.3 is 9.80 Å². The number of hydrogen-bond acceptors (Lipinski definition) is 4. The van der Waals surface area contributed by atoms with Crippen molar-refractivity contribution in [2.45, 2.75) is 27.2 Å². The summed E-state index contributed by atoms with van der Waals surface area (Å²) >= 11 is 0. The van der Waals surface area contributed by atoms with Crippen molar-refractivity contribution in [2.75, 3.05) is 36.0 Å². The number of para-hydroxylation sites is 2. The molecule has 0 atom stereocenters.